The van der Waals surface area contributed by atoms with Crippen molar-refractivity contribution in [2.24, 2.45) is 0 Å². The fourth-order valence-corrected chi connectivity index (χ4v) is 2.50. The Morgan fingerprint density at radius 3 is 2.20 bits per heavy atom. The molecule has 0 aromatic heterocycles. The van der Waals surface area contributed by atoms with Gasteiger partial charge in [0.1, 0.15) is 0 Å². The summed E-state index contributed by atoms with van der Waals surface area (Å²) in [5.41, 5.74) is 2.40. The van der Waals surface area contributed by atoms with Crippen LogP contribution in [0.4, 0.5) is 0 Å². The molecule has 6 nitrogen and oxygen atoms in total. The molecule has 2 rings (SSSR count). The van der Waals surface area contributed by atoms with E-state index >= 15 is 0 Å². The van der Waals surface area contributed by atoms with Crippen molar-refractivity contribution in [3.8, 4) is 22.6 Å². The molecule has 0 bridgehead atoms. The summed E-state index contributed by atoms with van der Waals surface area (Å²) in [5.74, 6) is 1.08. The van der Waals surface area contributed by atoms with Gasteiger partial charge >= 0.3 is 0 Å². The van der Waals surface area contributed by atoms with Crippen LogP contribution in [0.1, 0.15) is 10.4 Å². The van der Waals surface area contributed by atoms with E-state index in [9.17, 15) is 9.90 Å². The zero-order valence-corrected chi connectivity index (χ0v) is 14.6. The lowest BCUT2D eigenvalue weighted by Gasteiger charge is -2.20. The van der Waals surface area contributed by atoms with Crippen molar-refractivity contribution in [1.29, 1.82) is 0 Å². The number of hydrogen-bond donors (Lipinski definition) is 2. The Kier molecular flexibility index (Phi) is 6.38. The Labute approximate surface area is 147 Å². The first-order valence-corrected chi connectivity index (χ1v) is 7.87. The quantitative estimate of drug-likeness (QED) is 0.800. The smallest absolute Gasteiger partial charge is 0.253 e. The monoisotopic (exact) mass is 345 g/mol. The van der Waals surface area contributed by atoms with E-state index in [0.717, 1.165) is 11.1 Å². The van der Waals surface area contributed by atoms with Crippen LogP contribution in [0.25, 0.3) is 11.1 Å². The molecule has 0 spiro atoms. The van der Waals surface area contributed by atoms with Gasteiger partial charge in [0, 0.05) is 19.2 Å². The summed E-state index contributed by atoms with van der Waals surface area (Å²) in [5, 5.41) is 18.3. The van der Waals surface area contributed by atoms with Gasteiger partial charge in [0.15, 0.2) is 11.5 Å². The summed E-state index contributed by atoms with van der Waals surface area (Å²) in [7, 11) is 4.76. The van der Waals surface area contributed by atoms with Crippen LogP contribution < -0.4 is 9.47 Å². The molecule has 0 aliphatic heterocycles. The van der Waals surface area contributed by atoms with Crippen LogP contribution in [0.5, 0.6) is 11.5 Å². The predicted molar refractivity (Wildman–Crippen MR) is 95.0 cm³/mol. The van der Waals surface area contributed by atoms with Gasteiger partial charge in [0.05, 0.1) is 26.9 Å². The van der Waals surface area contributed by atoms with Gasteiger partial charge in [-0.3, -0.25) is 4.79 Å². The first-order valence-electron chi connectivity index (χ1n) is 7.87. The summed E-state index contributed by atoms with van der Waals surface area (Å²) >= 11 is 0. The molecule has 0 fully saturated rings. The minimum Gasteiger partial charge on any atom is -0.493 e. The molecule has 0 saturated carbocycles. The number of carbonyl (C=O) groups excluding carboxylic acids is 1. The SMILES string of the molecule is COc1ccc(-c2ccc(C(=O)N(C)CC(O)CO)cc2)cc1OC. The average Bonchev–Trinajstić information content (AvgIpc) is 2.66. The van der Waals surface area contributed by atoms with Crippen molar-refractivity contribution in [3.63, 3.8) is 0 Å². The standard InChI is InChI=1S/C19H23NO5/c1-20(11-16(22)12-21)19(23)14-6-4-13(5-7-14)15-8-9-17(24-2)18(10-15)25-3/h4-10,16,21-22H,11-12H2,1-3H3. The van der Waals surface area contributed by atoms with E-state index in [0.29, 0.717) is 17.1 Å². The van der Waals surface area contributed by atoms with Crippen LogP contribution in [0, 0.1) is 0 Å². The van der Waals surface area contributed by atoms with Crippen LogP contribution >= 0.6 is 0 Å². The van der Waals surface area contributed by atoms with Crippen molar-refractivity contribution >= 4 is 5.91 Å². The number of aliphatic hydroxyl groups excluding tert-OH is 2. The molecular formula is C19H23NO5. The number of carbonyl (C=O) groups is 1. The summed E-state index contributed by atoms with van der Waals surface area (Å²) in [6.07, 6.45) is -0.944. The molecule has 1 unspecified atom stereocenters. The van der Waals surface area contributed by atoms with E-state index in [4.69, 9.17) is 14.6 Å². The fourth-order valence-electron chi connectivity index (χ4n) is 2.50. The first kappa shape index (κ1) is 18.8. The molecule has 1 amide bonds. The number of likely N-dealkylation sites (N-methyl/N-ethyl adjacent to an activating group) is 1. The van der Waals surface area contributed by atoms with Gasteiger partial charge in [-0.15, -0.1) is 0 Å². The van der Waals surface area contributed by atoms with E-state index in [2.05, 4.69) is 0 Å². The molecule has 0 saturated heterocycles. The van der Waals surface area contributed by atoms with Crippen molar-refractivity contribution in [3.05, 3.63) is 48.0 Å². The number of aliphatic hydroxyl groups is 2. The van der Waals surface area contributed by atoms with Gasteiger partial charge in [0.25, 0.3) is 5.91 Å². The predicted octanol–water partition coefficient (Wildman–Crippen LogP) is 1.80. The number of benzene rings is 2. The average molecular weight is 345 g/mol. The molecule has 25 heavy (non-hydrogen) atoms. The van der Waals surface area contributed by atoms with Gasteiger partial charge in [-0.2, -0.15) is 0 Å². The van der Waals surface area contributed by atoms with Gasteiger partial charge in [-0.05, 0) is 35.4 Å². The number of rotatable bonds is 7. The van der Waals surface area contributed by atoms with Gasteiger partial charge in [-0.25, -0.2) is 0 Å². The molecule has 134 valence electrons. The minimum absolute atomic E-state index is 0.0762. The van der Waals surface area contributed by atoms with E-state index in [1.165, 1.54) is 4.90 Å². The van der Waals surface area contributed by atoms with Crippen molar-refractivity contribution in [2.75, 3.05) is 34.4 Å². The van der Waals surface area contributed by atoms with Crippen LogP contribution in [-0.2, 0) is 0 Å². The molecule has 2 aromatic rings. The lowest BCUT2D eigenvalue weighted by molar-refractivity contribution is 0.0520. The number of ether oxygens (including phenoxy) is 2. The largest absolute Gasteiger partial charge is 0.493 e. The van der Waals surface area contributed by atoms with Crippen LogP contribution in [0.15, 0.2) is 42.5 Å². The molecule has 0 aliphatic rings. The lowest BCUT2D eigenvalue weighted by Crippen LogP contribution is -2.35. The highest BCUT2D eigenvalue weighted by Gasteiger charge is 2.15. The summed E-state index contributed by atoms with van der Waals surface area (Å²) in [6.45, 7) is -0.303. The fraction of sp³-hybridized carbons (Fsp3) is 0.316. The highest BCUT2D eigenvalue weighted by atomic mass is 16.5. The second-order valence-electron chi connectivity index (χ2n) is 5.67. The lowest BCUT2D eigenvalue weighted by atomic mass is 10.0. The van der Waals surface area contributed by atoms with Crippen LogP contribution in [-0.4, -0.2) is 61.5 Å². The third-order valence-corrected chi connectivity index (χ3v) is 3.89. The minimum atomic E-state index is -0.944. The Bertz CT molecular complexity index is 714. The second-order valence-corrected chi connectivity index (χ2v) is 5.67. The van der Waals surface area contributed by atoms with E-state index in [1.807, 2.05) is 30.3 Å². The van der Waals surface area contributed by atoms with Gasteiger partial charge < -0.3 is 24.6 Å². The van der Waals surface area contributed by atoms with E-state index in [1.54, 1.807) is 33.4 Å². The van der Waals surface area contributed by atoms with Crippen LogP contribution in [0.3, 0.4) is 0 Å². The normalized spacial score (nSPS) is 11.7. The number of amides is 1. The Morgan fingerprint density at radius 1 is 1.04 bits per heavy atom. The van der Waals surface area contributed by atoms with Crippen molar-refractivity contribution < 1.29 is 24.5 Å². The molecule has 2 aromatic carbocycles. The second kappa shape index (κ2) is 8.50. The molecule has 2 N–H and O–H groups in total. The molecule has 0 heterocycles. The van der Waals surface area contributed by atoms with Gasteiger partial charge in [-0.1, -0.05) is 18.2 Å². The Balaban J connectivity index is 2.18. The Morgan fingerprint density at radius 2 is 1.64 bits per heavy atom. The maximum atomic E-state index is 12.3. The molecular weight excluding hydrogens is 322 g/mol. The zero-order chi connectivity index (χ0) is 18.4. The molecule has 0 aliphatic carbocycles. The molecule has 1 atom stereocenters. The zero-order valence-electron chi connectivity index (χ0n) is 14.6. The molecule has 0 radical (unpaired) electrons. The number of nitrogens with zero attached hydrogens (tertiary/aromatic N) is 1. The van der Waals surface area contributed by atoms with Crippen molar-refractivity contribution in [1.82, 2.24) is 4.90 Å². The highest BCUT2D eigenvalue weighted by molar-refractivity contribution is 5.94. The number of hydrogen-bond acceptors (Lipinski definition) is 5. The third-order valence-electron chi connectivity index (χ3n) is 3.89. The topological polar surface area (TPSA) is 79.2 Å². The summed E-state index contributed by atoms with van der Waals surface area (Å²) < 4.78 is 10.5. The highest BCUT2D eigenvalue weighted by Crippen LogP contribution is 2.32. The third kappa shape index (κ3) is 4.49. The van der Waals surface area contributed by atoms with Gasteiger partial charge in [0.2, 0.25) is 0 Å². The van der Waals surface area contributed by atoms with Crippen LogP contribution in [0.2, 0.25) is 0 Å². The van der Waals surface area contributed by atoms with E-state index < -0.39 is 6.10 Å². The number of methoxy groups -OCH3 is 2. The first-order chi connectivity index (χ1) is 12.0. The molecule has 6 heteroatoms. The summed E-state index contributed by atoms with van der Waals surface area (Å²) in [6, 6.07) is 12.8. The maximum absolute atomic E-state index is 12.3. The van der Waals surface area contributed by atoms with Crippen molar-refractivity contribution in [2.45, 2.75) is 6.10 Å². The van der Waals surface area contributed by atoms with E-state index in [-0.39, 0.29) is 19.1 Å². The summed E-state index contributed by atoms with van der Waals surface area (Å²) in [4.78, 5) is 13.7. The Hall–Kier alpha value is -2.57. The maximum Gasteiger partial charge on any atom is 0.253 e.